The smallest absolute Gasteiger partial charge is 0.309 e. The van der Waals surface area contributed by atoms with Gasteiger partial charge in [0.2, 0.25) is 0 Å². The highest BCUT2D eigenvalue weighted by atomic mass is 32.1. The number of carbonyl (C=O) groups excluding carboxylic acids is 3. The average Bonchev–Trinajstić information content (AvgIpc) is 3.24. The van der Waals surface area contributed by atoms with E-state index in [1.54, 1.807) is 11.8 Å². The lowest BCUT2D eigenvalue weighted by molar-refractivity contribution is -0.160. The normalized spacial score (nSPS) is 24.4. The molecule has 1 aromatic heterocycles. The molecule has 0 radical (unpaired) electrons. The van der Waals surface area contributed by atoms with Crippen molar-refractivity contribution in [3.63, 3.8) is 0 Å². The van der Waals surface area contributed by atoms with Crippen LogP contribution in [0.3, 0.4) is 0 Å². The predicted octanol–water partition coefficient (Wildman–Crippen LogP) is 3.23. The lowest BCUT2D eigenvalue weighted by Crippen LogP contribution is -2.47. The van der Waals surface area contributed by atoms with Crippen LogP contribution in [0.2, 0.25) is 0 Å². The second kappa shape index (κ2) is 9.54. The van der Waals surface area contributed by atoms with E-state index in [4.69, 9.17) is 4.74 Å². The number of likely N-dealkylation sites (tertiary alicyclic amines) is 1. The van der Waals surface area contributed by atoms with Crippen molar-refractivity contribution in [2.24, 2.45) is 11.8 Å². The minimum atomic E-state index is -0.785. The van der Waals surface area contributed by atoms with Crippen LogP contribution in [0, 0.1) is 11.8 Å². The second-order valence-electron chi connectivity index (χ2n) is 8.00. The molecule has 2 amide bonds. The molecule has 1 saturated carbocycles. The Morgan fingerprint density at radius 2 is 1.89 bits per heavy atom. The van der Waals surface area contributed by atoms with Crippen molar-refractivity contribution in [1.82, 2.24) is 10.2 Å². The number of piperidine rings is 1. The zero-order valence-corrected chi connectivity index (χ0v) is 17.5. The van der Waals surface area contributed by atoms with E-state index in [0.29, 0.717) is 31.8 Å². The van der Waals surface area contributed by atoms with Crippen LogP contribution in [-0.4, -0.2) is 47.9 Å². The molecule has 3 rings (SSSR count). The first-order valence-corrected chi connectivity index (χ1v) is 11.2. The summed E-state index contributed by atoms with van der Waals surface area (Å²) in [5.41, 5.74) is 0. The number of nitrogens with zero attached hydrogens (tertiary/aromatic N) is 1. The summed E-state index contributed by atoms with van der Waals surface area (Å²) in [6.07, 6.45) is 4.82. The highest BCUT2D eigenvalue weighted by molar-refractivity contribution is 7.12. The van der Waals surface area contributed by atoms with Gasteiger partial charge in [0.25, 0.3) is 11.8 Å². The van der Waals surface area contributed by atoms with Crippen molar-refractivity contribution in [2.45, 2.75) is 64.5 Å². The topological polar surface area (TPSA) is 75.7 Å². The zero-order chi connectivity index (χ0) is 20.1. The van der Waals surface area contributed by atoms with Crippen LogP contribution in [0.1, 0.15) is 62.0 Å². The van der Waals surface area contributed by atoms with E-state index in [0.717, 1.165) is 24.1 Å². The molecule has 3 atom stereocenters. The largest absolute Gasteiger partial charge is 0.452 e. The molecule has 2 aliphatic rings. The van der Waals surface area contributed by atoms with Crippen molar-refractivity contribution in [3.8, 4) is 0 Å². The third-order valence-electron chi connectivity index (χ3n) is 5.95. The molecule has 154 valence electrons. The maximum absolute atomic E-state index is 12.5. The van der Waals surface area contributed by atoms with Crippen LogP contribution < -0.4 is 5.32 Å². The predicted molar refractivity (Wildman–Crippen MR) is 108 cm³/mol. The molecule has 0 spiro atoms. The Morgan fingerprint density at radius 1 is 1.18 bits per heavy atom. The number of thiophene rings is 1. The monoisotopic (exact) mass is 406 g/mol. The fraction of sp³-hybridized carbons (Fsp3) is 0.667. The molecule has 1 aromatic rings. The first-order chi connectivity index (χ1) is 13.5. The molecule has 6 nitrogen and oxygen atoms in total. The summed E-state index contributed by atoms with van der Waals surface area (Å²) in [5, 5.41) is 4.93. The van der Waals surface area contributed by atoms with Gasteiger partial charge in [0.1, 0.15) is 0 Å². The molecule has 1 aliphatic heterocycles. The number of amides is 2. The number of hydrogen-bond acceptors (Lipinski definition) is 5. The third kappa shape index (κ3) is 5.13. The SMILES string of the molecule is C[C@@H]1CCCC[C@@H]1NC(=O)[C@@H](C)OC(=O)C1CCN(C(=O)c2cccs2)CC1. The highest BCUT2D eigenvalue weighted by Crippen LogP contribution is 2.24. The van der Waals surface area contributed by atoms with Gasteiger partial charge in [-0.2, -0.15) is 0 Å². The van der Waals surface area contributed by atoms with Crippen molar-refractivity contribution in [3.05, 3.63) is 22.4 Å². The van der Waals surface area contributed by atoms with Crippen molar-refractivity contribution >= 4 is 29.1 Å². The maximum atomic E-state index is 12.5. The van der Waals surface area contributed by atoms with E-state index >= 15 is 0 Å². The van der Waals surface area contributed by atoms with Crippen LogP contribution in [0.15, 0.2) is 17.5 Å². The zero-order valence-electron chi connectivity index (χ0n) is 16.7. The van der Waals surface area contributed by atoms with E-state index in [2.05, 4.69) is 12.2 Å². The molecule has 2 heterocycles. The summed E-state index contributed by atoms with van der Waals surface area (Å²) in [5.74, 6) is -0.307. The fourth-order valence-corrected chi connectivity index (χ4v) is 4.72. The molecule has 7 heteroatoms. The molecule has 1 N–H and O–H groups in total. The molecule has 0 unspecified atom stereocenters. The summed E-state index contributed by atoms with van der Waals surface area (Å²) in [6, 6.07) is 3.86. The van der Waals surface area contributed by atoms with Gasteiger partial charge in [-0.25, -0.2) is 0 Å². The molecule has 0 aromatic carbocycles. The molecule has 28 heavy (non-hydrogen) atoms. The number of rotatable bonds is 5. The van der Waals surface area contributed by atoms with Gasteiger partial charge < -0.3 is 15.0 Å². The maximum Gasteiger partial charge on any atom is 0.309 e. The summed E-state index contributed by atoms with van der Waals surface area (Å²) in [6.45, 7) is 4.87. The number of nitrogens with one attached hydrogen (secondary N) is 1. The van der Waals surface area contributed by atoms with Crippen LogP contribution in [0.25, 0.3) is 0 Å². The number of ether oxygens (including phenoxy) is 1. The van der Waals surface area contributed by atoms with Gasteiger partial charge in [-0.05, 0) is 50.0 Å². The summed E-state index contributed by atoms with van der Waals surface area (Å²) >= 11 is 1.43. The van der Waals surface area contributed by atoms with E-state index in [9.17, 15) is 14.4 Å². The van der Waals surface area contributed by atoms with E-state index in [1.165, 1.54) is 17.8 Å². The highest BCUT2D eigenvalue weighted by Gasteiger charge is 2.32. The quantitative estimate of drug-likeness (QED) is 0.762. The van der Waals surface area contributed by atoms with Crippen LogP contribution >= 0.6 is 11.3 Å². The molecule has 1 aliphatic carbocycles. The number of carbonyl (C=O) groups is 3. The van der Waals surface area contributed by atoms with Gasteiger partial charge >= 0.3 is 5.97 Å². The summed E-state index contributed by atoms with van der Waals surface area (Å²) in [4.78, 5) is 39.8. The van der Waals surface area contributed by atoms with E-state index in [1.807, 2.05) is 17.5 Å². The lowest BCUT2D eigenvalue weighted by atomic mass is 9.86. The Morgan fingerprint density at radius 3 is 2.54 bits per heavy atom. The van der Waals surface area contributed by atoms with Crippen molar-refractivity contribution < 1.29 is 19.1 Å². The van der Waals surface area contributed by atoms with Gasteiger partial charge in [-0.3, -0.25) is 14.4 Å². The van der Waals surface area contributed by atoms with E-state index < -0.39 is 6.10 Å². The third-order valence-corrected chi connectivity index (χ3v) is 6.81. The first-order valence-electron chi connectivity index (χ1n) is 10.3. The Labute approximate surface area is 170 Å². The second-order valence-corrected chi connectivity index (χ2v) is 8.95. The van der Waals surface area contributed by atoms with Crippen molar-refractivity contribution in [1.29, 1.82) is 0 Å². The van der Waals surface area contributed by atoms with E-state index in [-0.39, 0.29) is 29.7 Å². The molecular weight excluding hydrogens is 376 g/mol. The molecule has 0 bridgehead atoms. The van der Waals surface area contributed by atoms with Gasteiger partial charge in [0, 0.05) is 19.1 Å². The standard InChI is InChI=1S/C21H30N2O4S/c1-14-6-3-4-7-17(14)22-19(24)15(2)27-21(26)16-9-11-23(12-10-16)20(25)18-8-5-13-28-18/h5,8,13-17H,3-4,6-7,9-12H2,1-2H3,(H,22,24)/t14-,15-,17+/m1/s1. The Balaban J connectivity index is 1.43. The van der Waals surface area contributed by atoms with Crippen LogP contribution in [-0.2, 0) is 14.3 Å². The Kier molecular flexibility index (Phi) is 7.10. The fourth-order valence-electron chi connectivity index (χ4n) is 4.03. The summed E-state index contributed by atoms with van der Waals surface area (Å²) < 4.78 is 5.44. The number of esters is 1. The van der Waals surface area contributed by atoms with Gasteiger partial charge in [-0.15, -0.1) is 11.3 Å². The average molecular weight is 407 g/mol. The first kappa shape index (κ1) is 20.8. The molecule has 2 fully saturated rings. The Bertz CT molecular complexity index is 683. The minimum absolute atomic E-state index is 0.0242. The van der Waals surface area contributed by atoms with Gasteiger partial charge in [0.05, 0.1) is 10.8 Å². The minimum Gasteiger partial charge on any atom is -0.452 e. The summed E-state index contributed by atoms with van der Waals surface area (Å²) in [7, 11) is 0. The molecular formula is C21H30N2O4S. The van der Waals surface area contributed by atoms with Crippen LogP contribution in [0.4, 0.5) is 0 Å². The molecule has 1 saturated heterocycles. The number of hydrogen-bond donors (Lipinski definition) is 1. The lowest BCUT2D eigenvalue weighted by Gasteiger charge is -2.32. The Hall–Kier alpha value is -1.89. The van der Waals surface area contributed by atoms with Crippen LogP contribution in [0.5, 0.6) is 0 Å². The van der Waals surface area contributed by atoms with Gasteiger partial charge in [-0.1, -0.05) is 25.8 Å². The van der Waals surface area contributed by atoms with Crippen molar-refractivity contribution in [2.75, 3.05) is 13.1 Å². The van der Waals surface area contributed by atoms with Gasteiger partial charge in [0.15, 0.2) is 6.10 Å².